The molecule has 0 spiro atoms. The highest BCUT2D eigenvalue weighted by Crippen LogP contribution is 2.17. The number of carbonyl (C=O) groups is 2. The Morgan fingerprint density at radius 3 is 2.75 bits per heavy atom. The van der Waals surface area contributed by atoms with Gasteiger partial charge in [-0.05, 0) is 12.0 Å². The summed E-state index contributed by atoms with van der Waals surface area (Å²) >= 11 is 0. The van der Waals surface area contributed by atoms with Crippen molar-refractivity contribution in [3.63, 3.8) is 0 Å². The Hall–Kier alpha value is -1.88. The van der Waals surface area contributed by atoms with E-state index >= 15 is 0 Å². The monoisotopic (exact) mass is 275 g/mol. The number of amides is 2. The molecule has 2 atom stereocenters. The van der Waals surface area contributed by atoms with E-state index in [9.17, 15) is 9.59 Å². The van der Waals surface area contributed by atoms with Gasteiger partial charge in [0.2, 0.25) is 11.8 Å². The van der Waals surface area contributed by atoms with Crippen molar-refractivity contribution in [2.75, 3.05) is 13.1 Å². The quantitative estimate of drug-likeness (QED) is 0.854. The van der Waals surface area contributed by atoms with E-state index in [4.69, 9.17) is 5.73 Å². The molecule has 5 heteroatoms. The molecule has 0 aliphatic carbocycles. The zero-order valence-electron chi connectivity index (χ0n) is 11.7. The van der Waals surface area contributed by atoms with Gasteiger partial charge in [0.15, 0.2) is 0 Å². The third-order valence-electron chi connectivity index (χ3n) is 3.57. The molecule has 1 aliphatic heterocycles. The summed E-state index contributed by atoms with van der Waals surface area (Å²) < 4.78 is 0. The van der Waals surface area contributed by atoms with E-state index in [1.165, 1.54) is 6.92 Å². The van der Waals surface area contributed by atoms with Crippen LogP contribution in [0.1, 0.15) is 31.4 Å². The number of hydrogen-bond acceptors (Lipinski definition) is 3. The van der Waals surface area contributed by atoms with Gasteiger partial charge in [0.1, 0.15) is 0 Å². The molecule has 0 saturated carbocycles. The van der Waals surface area contributed by atoms with Crippen molar-refractivity contribution < 1.29 is 9.59 Å². The van der Waals surface area contributed by atoms with Gasteiger partial charge in [0.05, 0.1) is 0 Å². The third-order valence-corrected chi connectivity index (χ3v) is 3.57. The first kappa shape index (κ1) is 14.5. The van der Waals surface area contributed by atoms with E-state index in [1.54, 1.807) is 4.90 Å². The number of carbonyl (C=O) groups excluding carboxylic acids is 2. The van der Waals surface area contributed by atoms with Crippen LogP contribution in [0.15, 0.2) is 30.3 Å². The molecule has 108 valence electrons. The SMILES string of the molecule is CC(=O)NC1CCN(C(=O)CC(N)c2ccccc2)C1. The van der Waals surface area contributed by atoms with Gasteiger partial charge < -0.3 is 16.0 Å². The number of benzene rings is 1. The van der Waals surface area contributed by atoms with Gasteiger partial charge in [0, 0.05) is 38.5 Å². The largest absolute Gasteiger partial charge is 0.352 e. The Balaban J connectivity index is 1.85. The van der Waals surface area contributed by atoms with Crippen molar-refractivity contribution in [3.8, 4) is 0 Å². The first-order chi connectivity index (χ1) is 9.56. The molecule has 3 N–H and O–H groups in total. The summed E-state index contributed by atoms with van der Waals surface area (Å²) in [6, 6.07) is 9.43. The van der Waals surface area contributed by atoms with Crippen LogP contribution in [-0.2, 0) is 9.59 Å². The van der Waals surface area contributed by atoms with Crippen LogP contribution in [0, 0.1) is 0 Å². The highest BCUT2D eigenvalue weighted by molar-refractivity contribution is 5.78. The van der Waals surface area contributed by atoms with E-state index in [-0.39, 0.29) is 23.9 Å². The van der Waals surface area contributed by atoms with Gasteiger partial charge in [-0.1, -0.05) is 30.3 Å². The lowest BCUT2D eigenvalue weighted by Crippen LogP contribution is -2.38. The van der Waals surface area contributed by atoms with Crippen LogP contribution in [0.3, 0.4) is 0 Å². The Bertz CT molecular complexity index is 475. The predicted molar refractivity (Wildman–Crippen MR) is 76.8 cm³/mol. The second-order valence-electron chi connectivity index (χ2n) is 5.25. The lowest BCUT2D eigenvalue weighted by Gasteiger charge is -2.19. The first-order valence-electron chi connectivity index (χ1n) is 6.91. The second kappa shape index (κ2) is 6.52. The normalized spacial score (nSPS) is 19.7. The minimum Gasteiger partial charge on any atom is -0.352 e. The van der Waals surface area contributed by atoms with Crippen molar-refractivity contribution >= 4 is 11.8 Å². The molecular formula is C15H21N3O2. The smallest absolute Gasteiger partial charge is 0.224 e. The number of nitrogens with zero attached hydrogens (tertiary/aromatic N) is 1. The van der Waals surface area contributed by atoms with E-state index in [0.29, 0.717) is 19.5 Å². The topological polar surface area (TPSA) is 75.4 Å². The first-order valence-corrected chi connectivity index (χ1v) is 6.91. The van der Waals surface area contributed by atoms with Gasteiger partial charge in [-0.15, -0.1) is 0 Å². The Morgan fingerprint density at radius 2 is 2.10 bits per heavy atom. The average Bonchev–Trinajstić information content (AvgIpc) is 2.87. The Kier molecular flexibility index (Phi) is 4.74. The molecule has 1 heterocycles. The molecule has 1 aromatic carbocycles. The van der Waals surface area contributed by atoms with Gasteiger partial charge >= 0.3 is 0 Å². The molecule has 1 aromatic rings. The van der Waals surface area contributed by atoms with Crippen LogP contribution in [0.5, 0.6) is 0 Å². The van der Waals surface area contributed by atoms with Crippen molar-refractivity contribution in [2.24, 2.45) is 5.73 Å². The second-order valence-corrected chi connectivity index (χ2v) is 5.25. The summed E-state index contributed by atoms with van der Waals surface area (Å²) in [5.74, 6) is -0.000471. The maximum atomic E-state index is 12.2. The molecule has 5 nitrogen and oxygen atoms in total. The minimum absolute atomic E-state index is 0.0502. The minimum atomic E-state index is -0.275. The van der Waals surface area contributed by atoms with E-state index in [0.717, 1.165) is 12.0 Å². The van der Waals surface area contributed by atoms with Crippen LogP contribution in [0.25, 0.3) is 0 Å². The predicted octanol–water partition coefficient (Wildman–Crippen LogP) is 0.814. The third kappa shape index (κ3) is 3.81. The molecule has 2 unspecified atom stereocenters. The van der Waals surface area contributed by atoms with Crippen LogP contribution >= 0.6 is 0 Å². The van der Waals surface area contributed by atoms with Crippen molar-refractivity contribution in [3.05, 3.63) is 35.9 Å². The summed E-state index contributed by atoms with van der Waals surface area (Å²) in [6.45, 7) is 2.76. The lowest BCUT2D eigenvalue weighted by atomic mass is 10.0. The van der Waals surface area contributed by atoms with Crippen molar-refractivity contribution in [1.82, 2.24) is 10.2 Å². The van der Waals surface area contributed by atoms with Crippen LogP contribution < -0.4 is 11.1 Å². The van der Waals surface area contributed by atoms with Gasteiger partial charge in [-0.2, -0.15) is 0 Å². The highest BCUT2D eigenvalue weighted by Gasteiger charge is 2.27. The standard InChI is InChI=1S/C15H21N3O2/c1-11(19)17-13-7-8-18(10-13)15(20)9-14(16)12-5-3-2-4-6-12/h2-6,13-14H,7-10,16H2,1H3,(H,17,19). The molecule has 20 heavy (non-hydrogen) atoms. The van der Waals surface area contributed by atoms with Crippen molar-refractivity contribution in [2.45, 2.75) is 31.8 Å². The molecule has 1 fully saturated rings. The number of nitrogens with one attached hydrogen (secondary N) is 1. The van der Waals surface area contributed by atoms with E-state index in [2.05, 4.69) is 5.32 Å². The van der Waals surface area contributed by atoms with Gasteiger partial charge in [0.25, 0.3) is 0 Å². The fourth-order valence-corrected chi connectivity index (χ4v) is 2.53. The maximum Gasteiger partial charge on any atom is 0.224 e. The molecule has 0 aromatic heterocycles. The molecular weight excluding hydrogens is 254 g/mol. The van der Waals surface area contributed by atoms with Crippen LogP contribution in [0.2, 0.25) is 0 Å². The van der Waals surface area contributed by atoms with E-state index < -0.39 is 0 Å². The number of likely N-dealkylation sites (tertiary alicyclic amines) is 1. The number of nitrogens with two attached hydrogens (primary N) is 1. The zero-order chi connectivity index (χ0) is 14.5. The highest BCUT2D eigenvalue weighted by atomic mass is 16.2. The Morgan fingerprint density at radius 1 is 1.40 bits per heavy atom. The van der Waals surface area contributed by atoms with Gasteiger partial charge in [-0.25, -0.2) is 0 Å². The summed E-state index contributed by atoms with van der Waals surface area (Å²) in [7, 11) is 0. The maximum absolute atomic E-state index is 12.2. The van der Waals surface area contributed by atoms with Crippen LogP contribution in [0.4, 0.5) is 0 Å². The van der Waals surface area contributed by atoms with Crippen molar-refractivity contribution in [1.29, 1.82) is 0 Å². The molecule has 0 bridgehead atoms. The summed E-state index contributed by atoms with van der Waals surface area (Å²) in [5, 5.41) is 2.85. The van der Waals surface area contributed by atoms with E-state index in [1.807, 2.05) is 30.3 Å². The fourth-order valence-electron chi connectivity index (χ4n) is 2.53. The summed E-state index contributed by atoms with van der Waals surface area (Å²) in [4.78, 5) is 25.0. The molecule has 0 radical (unpaired) electrons. The Labute approximate surface area is 119 Å². The molecule has 2 amide bonds. The average molecular weight is 275 g/mol. The zero-order valence-corrected chi connectivity index (χ0v) is 11.7. The number of hydrogen-bond donors (Lipinski definition) is 2. The molecule has 1 aliphatic rings. The summed E-state index contributed by atoms with van der Waals surface area (Å²) in [5.41, 5.74) is 7.03. The summed E-state index contributed by atoms with van der Waals surface area (Å²) in [6.07, 6.45) is 1.11. The van der Waals surface area contributed by atoms with Crippen LogP contribution in [-0.4, -0.2) is 35.8 Å². The number of rotatable bonds is 4. The molecule has 1 saturated heterocycles. The lowest BCUT2D eigenvalue weighted by molar-refractivity contribution is -0.130. The van der Waals surface area contributed by atoms with Gasteiger partial charge in [-0.3, -0.25) is 9.59 Å². The fraction of sp³-hybridized carbons (Fsp3) is 0.467. The molecule has 2 rings (SSSR count).